The Morgan fingerprint density at radius 2 is 1.65 bits per heavy atom. The molecule has 2 saturated heterocycles. The van der Waals surface area contributed by atoms with Crippen LogP contribution in [0.25, 0.3) is 0 Å². The summed E-state index contributed by atoms with van der Waals surface area (Å²) in [6, 6.07) is 3.06. The Balaban J connectivity index is 1.60. The lowest BCUT2D eigenvalue weighted by atomic mass is 10.3. The van der Waals surface area contributed by atoms with Crippen LogP contribution >= 0.6 is 22.9 Å². The number of urea groups is 1. The van der Waals surface area contributed by atoms with E-state index in [1.807, 2.05) is 0 Å². The van der Waals surface area contributed by atoms with Crippen LogP contribution in [0, 0.1) is 0 Å². The molecule has 2 aliphatic heterocycles. The van der Waals surface area contributed by atoms with Crippen LogP contribution in [0.3, 0.4) is 0 Å². The predicted octanol–water partition coefficient (Wildman–Crippen LogP) is 1.16. The molecule has 2 fully saturated rings. The number of rotatable bonds is 2. The van der Waals surface area contributed by atoms with Crippen LogP contribution < -0.4 is 0 Å². The van der Waals surface area contributed by atoms with Gasteiger partial charge in [0, 0.05) is 39.3 Å². The Morgan fingerprint density at radius 1 is 1.04 bits per heavy atom. The molecule has 128 valence electrons. The summed E-state index contributed by atoms with van der Waals surface area (Å²) >= 11 is 6.87. The number of carbonyl (C=O) groups is 1. The van der Waals surface area contributed by atoms with Gasteiger partial charge in [-0.3, -0.25) is 0 Å². The number of halogens is 1. The summed E-state index contributed by atoms with van der Waals surface area (Å²) in [5.41, 5.74) is 0. The van der Waals surface area contributed by atoms with E-state index < -0.39 is 10.0 Å². The summed E-state index contributed by atoms with van der Waals surface area (Å²) in [7, 11) is -3.52. The predicted molar refractivity (Wildman–Crippen MR) is 87.4 cm³/mol. The Labute approximate surface area is 144 Å². The molecule has 10 heteroatoms. The van der Waals surface area contributed by atoms with Gasteiger partial charge in [0.25, 0.3) is 10.0 Å². The second kappa shape index (κ2) is 6.94. The summed E-state index contributed by atoms with van der Waals surface area (Å²) in [6.45, 7) is 3.68. The number of thiophene rings is 1. The van der Waals surface area contributed by atoms with Crippen molar-refractivity contribution in [3.05, 3.63) is 16.5 Å². The molecule has 1 aromatic heterocycles. The number of carbonyl (C=O) groups excluding carboxylic acids is 1. The second-order valence-electron chi connectivity index (χ2n) is 5.33. The van der Waals surface area contributed by atoms with Gasteiger partial charge in [0.15, 0.2) is 0 Å². The normalized spacial score (nSPS) is 20.7. The molecule has 0 aromatic carbocycles. The minimum absolute atomic E-state index is 0.0375. The largest absolute Gasteiger partial charge is 0.378 e. The lowest BCUT2D eigenvalue weighted by molar-refractivity contribution is 0.0405. The second-order valence-corrected chi connectivity index (χ2v) is 9.21. The fourth-order valence-electron chi connectivity index (χ4n) is 2.64. The molecule has 1 aromatic rings. The van der Waals surface area contributed by atoms with Crippen molar-refractivity contribution in [1.82, 2.24) is 14.1 Å². The van der Waals surface area contributed by atoms with E-state index in [1.165, 1.54) is 10.4 Å². The van der Waals surface area contributed by atoms with Crippen molar-refractivity contribution in [2.75, 3.05) is 52.5 Å². The molecule has 3 rings (SSSR count). The lowest BCUT2D eigenvalue weighted by Gasteiger charge is -2.37. The first kappa shape index (κ1) is 17.0. The van der Waals surface area contributed by atoms with Crippen molar-refractivity contribution in [2.24, 2.45) is 0 Å². The number of amides is 2. The number of nitrogens with zero attached hydrogens (tertiary/aromatic N) is 3. The molecule has 3 heterocycles. The van der Waals surface area contributed by atoms with E-state index in [4.69, 9.17) is 16.3 Å². The highest BCUT2D eigenvalue weighted by atomic mass is 35.5. The number of hydrogen-bond acceptors (Lipinski definition) is 5. The van der Waals surface area contributed by atoms with Crippen molar-refractivity contribution in [2.45, 2.75) is 4.21 Å². The molecule has 23 heavy (non-hydrogen) atoms. The molecule has 0 saturated carbocycles. The monoisotopic (exact) mass is 379 g/mol. The highest BCUT2D eigenvalue weighted by Crippen LogP contribution is 2.28. The van der Waals surface area contributed by atoms with Crippen LogP contribution in [0.4, 0.5) is 4.79 Å². The van der Waals surface area contributed by atoms with E-state index in [9.17, 15) is 13.2 Å². The first-order valence-corrected chi connectivity index (χ1v) is 9.99. The topological polar surface area (TPSA) is 70.2 Å². The van der Waals surface area contributed by atoms with Crippen LogP contribution in [-0.4, -0.2) is 81.0 Å². The summed E-state index contributed by atoms with van der Waals surface area (Å²) in [4.78, 5) is 15.9. The average Bonchev–Trinajstić information content (AvgIpc) is 3.02. The van der Waals surface area contributed by atoms with Gasteiger partial charge in [-0.25, -0.2) is 13.2 Å². The van der Waals surface area contributed by atoms with E-state index in [1.54, 1.807) is 15.9 Å². The molecule has 0 aliphatic carbocycles. The van der Waals surface area contributed by atoms with Gasteiger partial charge in [-0.05, 0) is 12.1 Å². The smallest absolute Gasteiger partial charge is 0.320 e. The first-order chi connectivity index (χ1) is 11.0. The number of hydrogen-bond donors (Lipinski definition) is 0. The number of ether oxygens (including phenoxy) is 1. The van der Waals surface area contributed by atoms with Crippen molar-refractivity contribution < 1.29 is 17.9 Å². The van der Waals surface area contributed by atoms with E-state index in [0.717, 1.165) is 11.3 Å². The molecular formula is C13H18ClN3O4S2. The molecule has 0 unspecified atom stereocenters. The third-order valence-electron chi connectivity index (χ3n) is 3.93. The van der Waals surface area contributed by atoms with Crippen LogP contribution in [0.15, 0.2) is 16.3 Å². The van der Waals surface area contributed by atoms with E-state index in [2.05, 4.69) is 0 Å². The maximum absolute atomic E-state index is 12.5. The molecule has 2 amide bonds. The van der Waals surface area contributed by atoms with Crippen LogP contribution in [-0.2, 0) is 14.8 Å². The van der Waals surface area contributed by atoms with Crippen LogP contribution in [0.2, 0.25) is 4.34 Å². The average molecular weight is 380 g/mol. The van der Waals surface area contributed by atoms with Crippen LogP contribution in [0.5, 0.6) is 0 Å². The molecule has 0 spiro atoms. The summed E-state index contributed by atoms with van der Waals surface area (Å²) in [6.07, 6.45) is 0. The standard InChI is InChI=1S/C13H18ClN3O4S2/c14-11-1-2-12(22-11)23(19,20)17-5-3-15(4-6-17)13(18)16-7-9-21-10-8-16/h1-2H,3-10H2. The van der Waals surface area contributed by atoms with Gasteiger partial charge in [0.2, 0.25) is 0 Å². The SMILES string of the molecule is O=C(N1CCOCC1)N1CCN(S(=O)(=O)c2ccc(Cl)s2)CC1. The minimum Gasteiger partial charge on any atom is -0.378 e. The van der Waals surface area contributed by atoms with Gasteiger partial charge in [-0.1, -0.05) is 11.6 Å². The summed E-state index contributed by atoms with van der Waals surface area (Å²) in [5.74, 6) is 0. The lowest BCUT2D eigenvalue weighted by Crippen LogP contribution is -2.55. The van der Waals surface area contributed by atoms with Gasteiger partial charge < -0.3 is 14.5 Å². The summed E-state index contributed by atoms with van der Waals surface area (Å²) < 4.78 is 32.4. The van der Waals surface area contributed by atoms with E-state index in [-0.39, 0.29) is 10.2 Å². The maximum atomic E-state index is 12.5. The van der Waals surface area contributed by atoms with E-state index >= 15 is 0 Å². The first-order valence-electron chi connectivity index (χ1n) is 7.35. The van der Waals surface area contributed by atoms with Crippen molar-refractivity contribution in [1.29, 1.82) is 0 Å². The van der Waals surface area contributed by atoms with Gasteiger partial charge in [0.05, 0.1) is 17.6 Å². The van der Waals surface area contributed by atoms with Gasteiger partial charge in [-0.2, -0.15) is 4.31 Å². The van der Waals surface area contributed by atoms with Crippen molar-refractivity contribution in [3.63, 3.8) is 0 Å². The minimum atomic E-state index is -3.52. The third-order valence-corrected chi connectivity index (χ3v) is 7.53. The molecule has 2 aliphatic rings. The zero-order valence-electron chi connectivity index (χ0n) is 12.5. The maximum Gasteiger partial charge on any atom is 0.320 e. The highest BCUT2D eigenvalue weighted by Gasteiger charge is 2.32. The molecule has 7 nitrogen and oxygen atoms in total. The van der Waals surface area contributed by atoms with Gasteiger partial charge in [0.1, 0.15) is 4.21 Å². The Kier molecular flexibility index (Phi) is 5.12. The van der Waals surface area contributed by atoms with Crippen LogP contribution in [0.1, 0.15) is 0 Å². The Hall–Kier alpha value is -0.870. The zero-order chi connectivity index (χ0) is 16.4. The molecule has 0 radical (unpaired) electrons. The molecular weight excluding hydrogens is 362 g/mol. The van der Waals surface area contributed by atoms with Gasteiger partial charge in [-0.15, -0.1) is 11.3 Å². The summed E-state index contributed by atoms with van der Waals surface area (Å²) in [5, 5.41) is 0. The fraction of sp³-hybridized carbons (Fsp3) is 0.615. The fourth-order valence-corrected chi connectivity index (χ4v) is 5.70. The molecule has 0 N–H and O–H groups in total. The molecule has 0 bridgehead atoms. The number of piperazine rings is 1. The highest BCUT2D eigenvalue weighted by molar-refractivity contribution is 7.91. The molecule has 0 atom stereocenters. The number of sulfonamides is 1. The Morgan fingerprint density at radius 3 is 2.22 bits per heavy atom. The van der Waals surface area contributed by atoms with Crippen molar-refractivity contribution in [3.8, 4) is 0 Å². The Bertz CT molecular complexity index is 665. The third kappa shape index (κ3) is 3.63. The van der Waals surface area contributed by atoms with Crippen molar-refractivity contribution >= 4 is 39.0 Å². The quantitative estimate of drug-likeness (QED) is 0.773. The number of morpholine rings is 1. The van der Waals surface area contributed by atoms with E-state index in [0.29, 0.717) is 56.8 Å². The zero-order valence-corrected chi connectivity index (χ0v) is 14.9. The van der Waals surface area contributed by atoms with Gasteiger partial charge >= 0.3 is 6.03 Å².